The minimum Gasteiger partial charge on any atom is -0.376 e. The molecule has 2 amide bonds. The topological polar surface area (TPSA) is 91.8 Å². The van der Waals surface area contributed by atoms with Gasteiger partial charge in [-0.1, -0.05) is 18.2 Å². The second-order valence-electron chi connectivity index (χ2n) is 7.81. The van der Waals surface area contributed by atoms with Crippen molar-refractivity contribution in [1.29, 1.82) is 0 Å². The van der Waals surface area contributed by atoms with E-state index in [1.807, 2.05) is 37.3 Å². The van der Waals surface area contributed by atoms with Crippen LogP contribution in [-0.4, -0.2) is 37.0 Å². The van der Waals surface area contributed by atoms with Crippen molar-refractivity contribution in [2.24, 2.45) is 4.99 Å². The first-order valence-corrected chi connectivity index (χ1v) is 10.6. The lowest BCUT2D eigenvalue weighted by Crippen LogP contribution is -2.36. The van der Waals surface area contributed by atoms with Gasteiger partial charge in [-0.25, -0.2) is 4.99 Å². The Labute approximate surface area is 183 Å². The summed E-state index contributed by atoms with van der Waals surface area (Å²) in [5.41, 5.74) is 4.65. The zero-order valence-electron chi connectivity index (χ0n) is 18.3. The van der Waals surface area contributed by atoms with Crippen molar-refractivity contribution < 1.29 is 14.3 Å². The average Bonchev–Trinajstić information content (AvgIpc) is 3.27. The predicted octanol–water partition coefficient (Wildman–Crippen LogP) is 3.32. The van der Waals surface area contributed by atoms with Crippen LogP contribution in [0.15, 0.2) is 47.5 Å². The van der Waals surface area contributed by atoms with Gasteiger partial charge in [0.2, 0.25) is 11.9 Å². The first kappa shape index (κ1) is 22.5. The quantitative estimate of drug-likeness (QED) is 0.492. The second-order valence-corrected chi connectivity index (χ2v) is 7.81. The molecule has 0 aromatic heterocycles. The highest BCUT2D eigenvalue weighted by Gasteiger charge is 2.16. The van der Waals surface area contributed by atoms with Gasteiger partial charge in [0.05, 0.1) is 12.6 Å². The van der Waals surface area contributed by atoms with Gasteiger partial charge in [-0.15, -0.1) is 0 Å². The maximum Gasteiger partial charge on any atom is 0.257 e. The van der Waals surface area contributed by atoms with Crippen LogP contribution in [0.3, 0.4) is 0 Å². The molecule has 0 bridgehead atoms. The number of hydrogen-bond acceptors (Lipinski definition) is 4. The third kappa shape index (κ3) is 6.93. The highest BCUT2D eigenvalue weighted by Crippen LogP contribution is 2.15. The number of aliphatic imine (C=N–C) groups is 1. The van der Waals surface area contributed by atoms with Crippen LogP contribution in [-0.2, 0) is 16.1 Å². The van der Waals surface area contributed by atoms with E-state index in [0.29, 0.717) is 24.6 Å². The van der Waals surface area contributed by atoms with Gasteiger partial charge in [-0.2, -0.15) is 0 Å². The van der Waals surface area contributed by atoms with E-state index in [0.717, 1.165) is 36.3 Å². The maximum atomic E-state index is 12.8. The van der Waals surface area contributed by atoms with E-state index in [-0.39, 0.29) is 17.9 Å². The van der Waals surface area contributed by atoms with Crippen molar-refractivity contribution in [1.82, 2.24) is 10.6 Å². The number of amides is 2. The molecule has 0 saturated carbocycles. The number of nitrogens with one attached hydrogen (secondary N) is 3. The van der Waals surface area contributed by atoms with Crippen LogP contribution in [0.25, 0.3) is 0 Å². The molecule has 7 nitrogen and oxygen atoms in total. The number of carbonyl (C=O) groups excluding carboxylic acids is 2. The van der Waals surface area contributed by atoms with Gasteiger partial charge in [0.25, 0.3) is 5.91 Å². The minimum absolute atomic E-state index is 0.0847. The molecule has 164 valence electrons. The summed E-state index contributed by atoms with van der Waals surface area (Å²) in [5, 5.41) is 8.86. The molecule has 0 radical (unpaired) electrons. The fourth-order valence-corrected chi connectivity index (χ4v) is 3.23. The zero-order chi connectivity index (χ0) is 22.2. The van der Waals surface area contributed by atoms with Crippen molar-refractivity contribution >= 4 is 23.5 Å². The van der Waals surface area contributed by atoms with Gasteiger partial charge in [0.1, 0.15) is 0 Å². The number of rotatable bonds is 6. The van der Waals surface area contributed by atoms with Gasteiger partial charge in [-0.05, 0) is 67.6 Å². The normalized spacial score (nSPS) is 16.1. The molecule has 1 aliphatic rings. The van der Waals surface area contributed by atoms with E-state index in [4.69, 9.17) is 4.74 Å². The van der Waals surface area contributed by atoms with Crippen LogP contribution in [0.5, 0.6) is 0 Å². The molecule has 1 saturated heterocycles. The number of benzene rings is 2. The first-order chi connectivity index (χ1) is 14.9. The van der Waals surface area contributed by atoms with E-state index in [9.17, 15) is 9.59 Å². The Hall–Kier alpha value is -3.19. The summed E-state index contributed by atoms with van der Waals surface area (Å²) in [7, 11) is 0. The van der Waals surface area contributed by atoms with Crippen LogP contribution in [0.2, 0.25) is 0 Å². The Morgan fingerprint density at radius 1 is 1.10 bits per heavy atom. The SMILES string of the molecule is CC(=O)NCc1ccc(C(=O)NC(=NC[C@H]2CCCO2)Nc2ccc(C)c(C)c2)cc1. The molecule has 3 N–H and O–H groups in total. The molecular weight excluding hydrogens is 392 g/mol. The molecule has 1 fully saturated rings. The lowest BCUT2D eigenvalue weighted by atomic mass is 10.1. The van der Waals surface area contributed by atoms with Gasteiger partial charge in [-0.3, -0.25) is 14.9 Å². The number of hydrogen-bond donors (Lipinski definition) is 3. The van der Waals surface area contributed by atoms with Crippen LogP contribution in [0.4, 0.5) is 5.69 Å². The van der Waals surface area contributed by atoms with Crippen molar-refractivity contribution in [3.63, 3.8) is 0 Å². The van der Waals surface area contributed by atoms with Crippen LogP contribution in [0, 0.1) is 13.8 Å². The van der Waals surface area contributed by atoms with E-state index in [1.54, 1.807) is 12.1 Å². The van der Waals surface area contributed by atoms with Crippen LogP contribution >= 0.6 is 0 Å². The molecule has 2 aromatic carbocycles. The molecule has 3 rings (SSSR count). The van der Waals surface area contributed by atoms with Crippen molar-refractivity contribution in [3.8, 4) is 0 Å². The van der Waals surface area contributed by atoms with Gasteiger partial charge in [0, 0.05) is 31.3 Å². The molecular formula is C24H30N4O3. The largest absolute Gasteiger partial charge is 0.376 e. The summed E-state index contributed by atoms with van der Waals surface area (Å²) in [6.07, 6.45) is 2.10. The van der Waals surface area contributed by atoms with Crippen molar-refractivity contribution in [2.75, 3.05) is 18.5 Å². The Morgan fingerprint density at radius 3 is 2.52 bits per heavy atom. The highest BCUT2D eigenvalue weighted by molar-refractivity contribution is 6.10. The third-order valence-corrected chi connectivity index (χ3v) is 5.24. The molecule has 7 heteroatoms. The Bertz CT molecular complexity index is 948. The number of ether oxygens (including phenoxy) is 1. The number of guanidine groups is 1. The number of nitrogens with zero attached hydrogens (tertiary/aromatic N) is 1. The third-order valence-electron chi connectivity index (χ3n) is 5.24. The van der Waals surface area contributed by atoms with Crippen LogP contribution < -0.4 is 16.0 Å². The minimum atomic E-state index is -0.256. The predicted molar refractivity (Wildman–Crippen MR) is 122 cm³/mol. The van der Waals surface area contributed by atoms with E-state index < -0.39 is 0 Å². The van der Waals surface area contributed by atoms with Crippen molar-refractivity contribution in [2.45, 2.75) is 46.3 Å². The molecule has 1 heterocycles. The van der Waals surface area contributed by atoms with E-state index >= 15 is 0 Å². The molecule has 31 heavy (non-hydrogen) atoms. The molecule has 0 aliphatic carbocycles. The maximum absolute atomic E-state index is 12.8. The lowest BCUT2D eigenvalue weighted by Gasteiger charge is -2.14. The number of aryl methyl sites for hydroxylation is 2. The monoisotopic (exact) mass is 422 g/mol. The van der Waals surface area contributed by atoms with Gasteiger partial charge >= 0.3 is 0 Å². The van der Waals surface area contributed by atoms with Crippen molar-refractivity contribution in [3.05, 3.63) is 64.7 Å². The second kappa shape index (κ2) is 10.7. The average molecular weight is 423 g/mol. The molecule has 2 aromatic rings. The fourth-order valence-electron chi connectivity index (χ4n) is 3.23. The molecule has 1 aliphatic heterocycles. The Balaban J connectivity index is 1.70. The zero-order valence-corrected chi connectivity index (χ0v) is 18.3. The summed E-state index contributed by atoms with van der Waals surface area (Å²) in [4.78, 5) is 28.4. The van der Waals surface area contributed by atoms with Gasteiger partial charge < -0.3 is 15.4 Å². The molecule has 1 atom stereocenters. The number of carbonyl (C=O) groups is 2. The summed E-state index contributed by atoms with van der Waals surface area (Å²) >= 11 is 0. The van der Waals surface area contributed by atoms with E-state index in [2.05, 4.69) is 27.9 Å². The Morgan fingerprint density at radius 2 is 1.87 bits per heavy atom. The highest BCUT2D eigenvalue weighted by atomic mass is 16.5. The fraction of sp³-hybridized carbons (Fsp3) is 0.375. The summed E-state index contributed by atoms with van der Waals surface area (Å²) in [6.45, 7) is 7.26. The molecule has 0 spiro atoms. The smallest absolute Gasteiger partial charge is 0.257 e. The summed E-state index contributed by atoms with van der Waals surface area (Å²) in [6, 6.07) is 13.1. The Kier molecular flexibility index (Phi) is 7.78. The van der Waals surface area contributed by atoms with Crippen LogP contribution in [0.1, 0.15) is 46.8 Å². The van der Waals surface area contributed by atoms with Gasteiger partial charge in [0.15, 0.2) is 0 Å². The number of anilines is 1. The van der Waals surface area contributed by atoms with E-state index in [1.165, 1.54) is 12.5 Å². The standard InChI is InChI=1S/C24H30N4O3/c1-16-6-11-21(13-17(16)2)27-24(26-15-22-5-4-12-31-22)28-23(30)20-9-7-19(8-10-20)14-25-18(3)29/h6-11,13,22H,4-5,12,14-15H2,1-3H3,(H,25,29)(H2,26,27,28,30)/t22-/m1/s1. The summed E-state index contributed by atoms with van der Waals surface area (Å²) < 4.78 is 5.65. The first-order valence-electron chi connectivity index (χ1n) is 10.6. The molecule has 0 unspecified atom stereocenters. The summed E-state index contributed by atoms with van der Waals surface area (Å²) in [5.74, 6) is 0.0471. The lowest BCUT2D eigenvalue weighted by molar-refractivity contribution is -0.119.